The van der Waals surface area contributed by atoms with Gasteiger partial charge in [0.05, 0.1) is 16.4 Å². The number of thiol groups is 1. The Bertz CT molecular complexity index is 878. The molecule has 0 spiro atoms. The SMILES string of the molecule is CCN1/C(=C/C(C)=C/C2[SH+]c3ccccc3N2CC)Sc2ccccc21.[Cl-]. The summed E-state index contributed by atoms with van der Waals surface area (Å²) >= 11 is 3.27. The maximum Gasteiger partial charge on any atom is 0.213 e. The number of halogens is 1. The van der Waals surface area contributed by atoms with E-state index in [1.54, 1.807) is 0 Å². The first-order chi connectivity index (χ1) is 12.7. The third-order valence-electron chi connectivity index (χ3n) is 4.84. The third kappa shape index (κ3) is 3.89. The zero-order valence-corrected chi connectivity index (χ0v) is 18.4. The Labute approximate surface area is 177 Å². The van der Waals surface area contributed by atoms with Crippen LogP contribution in [0.15, 0.2) is 81.1 Å². The average molecular weight is 417 g/mol. The van der Waals surface area contributed by atoms with Crippen LogP contribution in [0, 0.1) is 0 Å². The van der Waals surface area contributed by atoms with Gasteiger partial charge in [0.2, 0.25) is 5.37 Å². The van der Waals surface area contributed by atoms with Crippen molar-refractivity contribution < 1.29 is 12.4 Å². The lowest BCUT2D eigenvalue weighted by Crippen LogP contribution is -3.00. The zero-order chi connectivity index (χ0) is 18.1. The highest BCUT2D eigenvalue weighted by molar-refractivity contribution is 8.03. The molecule has 4 rings (SSSR count). The molecular formula is C22H25ClN2S2. The van der Waals surface area contributed by atoms with E-state index in [0.29, 0.717) is 5.37 Å². The van der Waals surface area contributed by atoms with Gasteiger partial charge in [-0.25, -0.2) is 0 Å². The minimum absolute atomic E-state index is 0. The van der Waals surface area contributed by atoms with E-state index in [9.17, 15) is 0 Å². The van der Waals surface area contributed by atoms with E-state index in [-0.39, 0.29) is 12.4 Å². The maximum atomic E-state index is 2.51. The van der Waals surface area contributed by atoms with Crippen molar-refractivity contribution in [2.24, 2.45) is 0 Å². The molecule has 0 amide bonds. The molecule has 1 atom stereocenters. The maximum absolute atomic E-state index is 2.51. The molecule has 0 radical (unpaired) electrons. The molecule has 0 saturated carbocycles. The summed E-state index contributed by atoms with van der Waals surface area (Å²) in [5.74, 6) is 0. The molecule has 0 N–H and O–H groups in total. The van der Waals surface area contributed by atoms with Gasteiger partial charge >= 0.3 is 0 Å². The summed E-state index contributed by atoms with van der Waals surface area (Å²) in [4.78, 5) is 7.71. The molecule has 2 aliphatic rings. The minimum Gasteiger partial charge on any atom is -1.00 e. The molecule has 2 nitrogen and oxygen atoms in total. The Morgan fingerprint density at radius 2 is 1.74 bits per heavy atom. The van der Waals surface area contributed by atoms with Crippen molar-refractivity contribution in [3.05, 3.63) is 71.3 Å². The van der Waals surface area contributed by atoms with Crippen molar-refractivity contribution >= 4 is 34.9 Å². The van der Waals surface area contributed by atoms with Crippen LogP contribution >= 0.6 is 11.8 Å². The van der Waals surface area contributed by atoms with Crippen LogP contribution in [0.1, 0.15) is 20.8 Å². The third-order valence-corrected chi connectivity index (χ3v) is 7.30. The van der Waals surface area contributed by atoms with Crippen LogP contribution in [0.3, 0.4) is 0 Å². The molecule has 27 heavy (non-hydrogen) atoms. The Balaban J connectivity index is 0.00000210. The molecule has 5 heteroatoms. The molecule has 0 aromatic heterocycles. The summed E-state index contributed by atoms with van der Waals surface area (Å²) in [6.07, 6.45) is 4.77. The van der Waals surface area contributed by atoms with E-state index in [0.717, 1.165) is 13.1 Å². The van der Waals surface area contributed by atoms with Crippen LogP contribution in [0.25, 0.3) is 0 Å². The van der Waals surface area contributed by atoms with Gasteiger partial charge in [-0.05, 0) is 62.8 Å². The van der Waals surface area contributed by atoms with Crippen molar-refractivity contribution in [1.29, 1.82) is 0 Å². The van der Waals surface area contributed by atoms with E-state index in [1.807, 2.05) is 11.8 Å². The highest BCUT2D eigenvalue weighted by Gasteiger charge is 2.34. The number of nitrogens with zero attached hydrogens (tertiary/aromatic N) is 2. The van der Waals surface area contributed by atoms with Gasteiger partial charge in [0, 0.05) is 29.7 Å². The summed E-state index contributed by atoms with van der Waals surface area (Å²) in [6.45, 7) is 8.74. The lowest BCUT2D eigenvalue weighted by Gasteiger charge is -2.19. The van der Waals surface area contributed by atoms with Gasteiger partial charge in [-0.1, -0.05) is 36.0 Å². The fourth-order valence-electron chi connectivity index (χ4n) is 3.62. The summed E-state index contributed by atoms with van der Waals surface area (Å²) in [5, 5.41) is 1.76. The van der Waals surface area contributed by atoms with Gasteiger partial charge in [-0.2, -0.15) is 0 Å². The standard InChI is InChI=1S/C22H24N2S2.ClH/c1-4-23-17-10-6-8-12-19(17)25-21(23)14-16(3)15-22-24(5-2)18-11-7-9-13-20(18)26-22;/h6-15,21H,4-5H2,1-3H3;1H/b16-14+,22-15-;. The highest BCUT2D eigenvalue weighted by Crippen LogP contribution is 2.46. The van der Waals surface area contributed by atoms with Crippen LogP contribution in [0.4, 0.5) is 11.4 Å². The first-order valence-electron chi connectivity index (χ1n) is 9.22. The summed E-state index contributed by atoms with van der Waals surface area (Å²) in [7, 11) is 0. The van der Waals surface area contributed by atoms with Gasteiger partial charge in [-0.15, -0.1) is 0 Å². The number of para-hydroxylation sites is 2. The van der Waals surface area contributed by atoms with Crippen LogP contribution in [0.2, 0.25) is 0 Å². The monoisotopic (exact) mass is 416 g/mol. The van der Waals surface area contributed by atoms with E-state index in [4.69, 9.17) is 0 Å². The zero-order valence-electron chi connectivity index (χ0n) is 15.9. The van der Waals surface area contributed by atoms with Crippen molar-refractivity contribution in [2.45, 2.75) is 35.9 Å². The molecule has 2 aliphatic heterocycles. The molecule has 2 aromatic rings. The number of likely N-dealkylation sites (N-methyl/N-ethyl adjacent to an activating group) is 1. The normalized spacial score (nSPS) is 19.9. The minimum atomic E-state index is 0. The molecule has 142 valence electrons. The highest BCUT2D eigenvalue weighted by atomic mass is 35.5. The number of anilines is 2. The predicted octanol–water partition coefficient (Wildman–Crippen LogP) is 2.45. The quantitative estimate of drug-likeness (QED) is 0.558. The number of thioether (sulfide) groups is 1. The fourth-order valence-corrected chi connectivity index (χ4v) is 6.39. The number of fused-ring (bicyclic) bond motifs is 2. The van der Waals surface area contributed by atoms with Crippen LogP contribution in [-0.4, -0.2) is 18.5 Å². The van der Waals surface area contributed by atoms with Gasteiger partial charge in [0.15, 0.2) is 4.90 Å². The Hall–Kier alpha value is -1.49. The number of benzene rings is 2. The molecular weight excluding hydrogens is 392 g/mol. The van der Waals surface area contributed by atoms with E-state index < -0.39 is 0 Å². The second kappa shape index (κ2) is 8.68. The van der Waals surface area contributed by atoms with Crippen LogP contribution in [0.5, 0.6) is 0 Å². The Kier molecular flexibility index (Phi) is 6.51. The van der Waals surface area contributed by atoms with Gasteiger partial charge < -0.3 is 22.2 Å². The van der Waals surface area contributed by atoms with Crippen molar-refractivity contribution in [3.63, 3.8) is 0 Å². The summed E-state index contributed by atoms with van der Waals surface area (Å²) in [5.41, 5.74) is 4.05. The number of allylic oxidation sites excluding steroid dienone is 2. The fraction of sp³-hybridized carbons (Fsp3) is 0.273. The lowest BCUT2D eigenvalue weighted by molar-refractivity contribution is -0.00000511. The molecule has 2 heterocycles. The smallest absolute Gasteiger partial charge is 0.213 e. The van der Waals surface area contributed by atoms with Gasteiger partial charge in [-0.3, -0.25) is 0 Å². The molecule has 0 saturated heterocycles. The lowest BCUT2D eigenvalue weighted by atomic mass is 10.2. The second-order valence-electron chi connectivity index (χ2n) is 6.52. The molecule has 1 unspecified atom stereocenters. The summed E-state index contributed by atoms with van der Waals surface area (Å²) in [6, 6.07) is 17.5. The van der Waals surface area contributed by atoms with Gasteiger partial charge in [0.1, 0.15) is 0 Å². The van der Waals surface area contributed by atoms with Crippen molar-refractivity contribution in [1.82, 2.24) is 0 Å². The van der Waals surface area contributed by atoms with E-state index in [1.165, 1.54) is 43.5 Å². The number of hydrogen-bond donors (Lipinski definition) is 0. The van der Waals surface area contributed by atoms with Crippen molar-refractivity contribution in [3.8, 4) is 0 Å². The molecule has 0 aliphatic carbocycles. The topological polar surface area (TPSA) is 6.48 Å². The van der Waals surface area contributed by atoms with Crippen LogP contribution in [-0.2, 0) is 11.8 Å². The number of rotatable bonds is 4. The average Bonchev–Trinajstić information content (AvgIpc) is 3.17. The second-order valence-corrected chi connectivity index (χ2v) is 8.86. The number of hydrogen-bond acceptors (Lipinski definition) is 3. The Morgan fingerprint density at radius 3 is 2.48 bits per heavy atom. The first kappa shape index (κ1) is 20.2. The van der Waals surface area contributed by atoms with E-state index >= 15 is 0 Å². The molecule has 0 fully saturated rings. The summed E-state index contributed by atoms with van der Waals surface area (Å²) < 4.78 is 0. The molecule has 0 bridgehead atoms. The van der Waals surface area contributed by atoms with Crippen molar-refractivity contribution in [2.75, 3.05) is 22.9 Å². The van der Waals surface area contributed by atoms with Gasteiger partial charge in [0.25, 0.3) is 0 Å². The first-order valence-corrected chi connectivity index (χ1v) is 11.0. The van der Waals surface area contributed by atoms with Crippen LogP contribution < -0.4 is 22.2 Å². The molecule has 2 aromatic carbocycles. The van der Waals surface area contributed by atoms with E-state index in [2.05, 4.69) is 91.3 Å². The predicted molar refractivity (Wildman–Crippen MR) is 117 cm³/mol. The largest absolute Gasteiger partial charge is 1.00 e. The Morgan fingerprint density at radius 1 is 1.04 bits per heavy atom.